The number of ether oxygens (including phenoxy) is 1. The summed E-state index contributed by atoms with van der Waals surface area (Å²) in [5.41, 5.74) is 2.57. The molecule has 0 unspecified atom stereocenters. The van der Waals surface area contributed by atoms with Crippen LogP contribution in [-0.2, 0) is 18.0 Å². The van der Waals surface area contributed by atoms with Crippen molar-refractivity contribution < 1.29 is 4.74 Å². The minimum Gasteiger partial charge on any atom is -0.362 e. The molecule has 0 aliphatic carbocycles. The van der Waals surface area contributed by atoms with E-state index in [1.54, 1.807) is 35.1 Å². The molecule has 0 saturated carbocycles. The molecule has 0 saturated heterocycles. The lowest BCUT2D eigenvalue weighted by Gasteiger charge is -2.06. The molecule has 7 nitrogen and oxygen atoms in total. The summed E-state index contributed by atoms with van der Waals surface area (Å²) in [6.45, 7) is 0.974. The number of anilines is 2. The van der Waals surface area contributed by atoms with Crippen LogP contribution in [0.2, 0.25) is 5.02 Å². The molecule has 0 radical (unpaired) electrons. The molecule has 0 aliphatic rings. The SMILES string of the molecule is COCn1cc(NC(=S)Nc2cnn(Cc3ccccc3Cl)c2)cn1. The van der Waals surface area contributed by atoms with Gasteiger partial charge in [-0.05, 0) is 23.8 Å². The van der Waals surface area contributed by atoms with E-state index in [4.69, 9.17) is 28.6 Å². The zero-order chi connectivity index (χ0) is 17.6. The Balaban J connectivity index is 1.57. The van der Waals surface area contributed by atoms with E-state index in [-0.39, 0.29) is 0 Å². The van der Waals surface area contributed by atoms with Gasteiger partial charge in [0.25, 0.3) is 0 Å². The van der Waals surface area contributed by atoms with Crippen molar-refractivity contribution in [3.63, 3.8) is 0 Å². The van der Waals surface area contributed by atoms with Gasteiger partial charge < -0.3 is 15.4 Å². The van der Waals surface area contributed by atoms with E-state index in [9.17, 15) is 0 Å². The molecule has 0 aliphatic heterocycles. The van der Waals surface area contributed by atoms with E-state index >= 15 is 0 Å². The fourth-order valence-corrected chi connectivity index (χ4v) is 2.67. The maximum Gasteiger partial charge on any atom is 0.175 e. The minimum absolute atomic E-state index is 0.386. The lowest BCUT2D eigenvalue weighted by atomic mass is 10.2. The Labute approximate surface area is 155 Å². The molecule has 0 bridgehead atoms. The Morgan fingerprint density at radius 2 is 1.76 bits per heavy atom. The molecule has 0 spiro atoms. The van der Waals surface area contributed by atoms with E-state index in [1.807, 2.05) is 30.5 Å². The first kappa shape index (κ1) is 17.4. The highest BCUT2D eigenvalue weighted by atomic mass is 35.5. The number of hydrogen-bond acceptors (Lipinski definition) is 4. The molecule has 25 heavy (non-hydrogen) atoms. The first-order chi connectivity index (χ1) is 12.1. The summed E-state index contributed by atoms with van der Waals surface area (Å²) in [7, 11) is 1.61. The predicted octanol–water partition coefficient (Wildman–Crippen LogP) is 3.19. The van der Waals surface area contributed by atoms with Gasteiger partial charge in [0, 0.05) is 18.3 Å². The summed E-state index contributed by atoms with van der Waals surface area (Å²) in [4.78, 5) is 0. The lowest BCUT2D eigenvalue weighted by molar-refractivity contribution is 0.120. The van der Waals surface area contributed by atoms with Crippen molar-refractivity contribution in [2.45, 2.75) is 13.3 Å². The molecule has 3 aromatic rings. The molecule has 0 amide bonds. The Morgan fingerprint density at radius 1 is 1.12 bits per heavy atom. The summed E-state index contributed by atoms with van der Waals surface area (Å²) in [5, 5.41) is 15.8. The first-order valence-corrected chi connectivity index (χ1v) is 8.28. The maximum absolute atomic E-state index is 6.18. The third-order valence-corrected chi connectivity index (χ3v) is 3.91. The van der Waals surface area contributed by atoms with Crippen molar-refractivity contribution in [3.05, 3.63) is 59.6 Å². The van der Waals surface area contributed by atoms with Crippen LogP contribution in [0, 0.1) is 0 Å². The second-order valence-corrected chi connectivity index (χ2v) is 6.10. The molecule has 0 fully saturated rings. The van der Waals surface area contributed by atoms with Crippen LogP contribution >= 0.6 is 23.8 Å². The summed E-state index contributed by atoms with van der Waals surface area (Å²) >= 11 is 11.5. The highest BCUT2D eigenvalue weighted by Gasteiger charge is 2.05. The highest BCUT2D eigenvalue weighted by Crippen LogP contribution is 2.17. The number of nitrogens with zero attached hydrogens (tertiary/aromatic N) is 4. The fraction of sp³-hybridized carbons (Fsp3) is 0.188. The van der Waals surface area contributed by atoms with Crippen LogP contribution in [-0.4, -0.2) is 31.8 Å². The summed E-state index contributed by atoms with van der Waals surface area (Å²) in [6.07, 6.45) is 7.05. The number of methoxy groups -OCH3 is 1. The van der Waals surface area contributed by atoms with Gasteiger partial charge in [0.1, 0.15) is 6.73 Å². The first-order valence-electron chi connectivity index (χ1n) is 7.49. The summed E-state index contributed by atoms with van der Waals surface area (Å²) in [6, 6.07) is 7.69. The standard InChI is InChI=1S/C16H17ClN6OS/c1-24-11-23-10-14(7-19-23)21-16(25)20-13-6-18-22(9-13)8-12-4-2-3-5-15(12)17/h2-7,9-10H,8,11H2,1H3,(H2,20,21,25). The van der Waals surface area contributed by atoms with Crippen molar-refractivity contribution in [3.8, 4) is 0 Å². The number of halogens is 1. The molecule has 2 heterocycles. The Morgan fingerprint density at radius 3 is 2.44 bits per heavy atom. The maximum atomic E-state index is 6.18. The number of hydrogen-bond donors (Lipinski definition) is 2. The molecule has 130 valence electrons. The van der Waals surface area contributed by atoms with E-state index in [0.29, 0.717) is 18.4 Å². The van der Waals surface area contributed by atoms with Gasteiger partial charge in [0.2, 0.25) is 0 Å². The molecule has 2 N–H and O–H groups in total. The van der Waals surface area contributed by atoms with Gasteiger partial charge in [-0.2, -0.15) is 10.2 Å². The minimum atomic E-state index is 0.386. The molecule has 2 aromatic heterocycles. The van der Waals surface area contributed by atoms with Crippen LogP contribution < -0.4 is 10.6 Å². The average molecular weight is 377 g/mol. The summed E-state index contributed by atoms with van der Waals surface area (Å²) in [5.74, 6) is 0. The monoisotopic (exact) mass is 376 g/mol. The van der Waals surface area contributed by atoms with Crippen molar-refractivity contribution in [1.82, 2.24) is 19.6 Å². The zero-order valence-electron chi connectivity index (χ0n) is 13.5. The Bertz CT molecular complexity index is 862. The van der Waals surface area contributed by atoms with Gasteiger partial charge in [-0.25, -0.2) is 4.68 Å². The zero-order valence-corrected chi connectivity index (χ0v) is 15.1. The van der Waals surface area contributed by atoms with Gasteiger partial charge in [-0.1, -0.05) is 29.8 Å². The number of benzene rings is 1. The highest BCUT2D eigenvalue weighted by molar-refractivity contribution is 7.80. The topological polar surface area (TPSA) is 68.9 Å². The van der Waals surface area contributed by atoms with Crippen LogP contribution in [0.4, 0.5) is 11.4 Å². The van der Waals surface area contributed by atoms with Crippen LogP contribution in [0.3, 0.4) is 0 Å². The normalized spacial score (nSPS) is 10.6. The van der Waals surface area contributed by atoms with Crippen molar-refractivity contribution in [1.29, 1.82) is 0 Å². The number of aromatic nitrogens is 4. The predicted molar refractivity (Wildman–Crippen MR) is 102 cm³/mol. The van der Waals surface area contributed by atoms with Crippen molar-refractivity contribution in [2.24, 2.45) is 0 Å². The van der Waals surface area contributed by atoms with Crippen LogP contribution in [0.25, 0.3) is 0 Å². The van der Waals surface area contributed by atoms with Crippen molar-refractivity contribution in [2.75, 3.05) is 17.7 Å². The van der Waals surface area contributed by atoms with Crippen LogP contribution in [0.1, 0.15) is 5.56 Å². The number of rotatable bonds is 6. The smallest absolute Gasteiger partial charge is 0.175 e. The van der Waals surface area contributed by atoms with Gasteiger partial charge in [0.15, 0.2) is 5.11 Å². The van der Waals surface area contributed by atoms with Gasteiger partial charge in [0.05, 0.1) is 36.5 Å². The molecular formula is C16H17ClN6OS. The van der Waals surface area contributed by atoms with Crippen LogP contribution in [0.15, 0.2) is 49.1 Å². The van der Waals surface area contributed by atoms with Crippen molar-refractivity contribution >= 4 is 40.3 Å². The quantitative estimate of drug-likeness (QED) is 0.644. The number of nitrogens with one attached hydrogen (secondary N) is 2. The summed E-state index contributed by atoms with van der Waals surface area (Å²) < 4.78 is 8.46. The third kappa shape index (κ3) is 4.79. The van der Waals surface area contributed by atoms with Crippen LogP contribution in [0.5, 0.6) is 0 Å². The van der Waals surface area contributed by atoms with E-state index in [2.05, 4.69) is 20.8 Å². The van der Waals surface area contributed by atoms with E-state index in [0.717, 1.165) is 22.0 Å². The second kappa shape index (κ2) is 8.11. The average Bonchev–Trinajstić information content (AvgIpc) is 3.20. The van der Waals surface area contributed by atoms with Gasteiger partial charge in [-0.15, -0.1) is 0 Å². The molecule has 9 heteroatoms. The largest absolute Gasteiger partial charge is 0.362 e. The molecule has 1 aromatic carbocycles. The van der Waals surface area contributed by atoms with E-state index in [1.165, 1.54) is 0 Å². The molecule has 3 rings (SSSR count). The lowest BCUT2D eigenvalue weighted by Crippen LogP contribution is -2.18. The fourth-order valence-electron chi connectivity index (χ4n) is 2.24. The molecular weight excluding hydrogens is 360 g/mol. The number of thiocarbonyl (C=S) groups is 1. The van der Waals surface area contributed by atoms with Gasteiger partial charge in [-0.3, -0.25) is 4.68 Å². The Hall–Kier alpha value is -2.42. The third-order valence-electron chi connectivity index (χ3n) is 3.33. The second-order valence-electron chi connectivity index (χ2n) is 5.28. The Kier molecular flexibility index (Phi) is 5.64. The van der Waals surface area contributed by atoms with Gasteiger partial charge >= 0.3 is 0 Å². The molecule has 0 atom stereocenters. The van der Waals surface area contributed by atoms with E-state index < -0.39 is 0 Å².